The Morgan fingerprint density at radius 1 is 1.13 bits per heavy atom. The summed E-state index contributed by atoms with van der Waals surface area (Å²) in [6.07, 6.45) is 5.35. The van der Waals surface area contributed by atoms with Gasteiger partial charge in [-0.3, -0.25) is 9.59 Å². The van der Waals surface area contributed by atoms with Crippen LogP contribution >= 0.6 is 23.2 Å². The molecule has 0 saturated carbocycles. The average molecular weight is 577 g/mol. The summed E-state index contributed by atoms with van der Waals surface area (Å²) in [6.45, 7) is 2.91. The molecular formula is C28H32Cl2FN5O3. The Kier molecular flexibility index (Phi) is 9.04. The molecule has 1 fully saturated rings. The molecule has 1 aliphatic heterocycles. The fourth-order valence-electron chi connectivity index (χ4n) is 4.83. The molecule has 2 amide bonds. The summed E-state index contributed by atoms with van der Waals surface area (Å²) in [5.74, 6) is -0.748. The van der Waals surface area contributed by atoms with E-state index in [1.54, 1.807) is 17.9 Å². The van der Waals surface area contributed by atoms with E-state index in [4.69, 9.17) is 45.1 Å². The fourth-order valence-corrected chi connectivity index (χ4v) is 5.51. The van der Waals surface area contributed by atoms with Gasteiger partial charge in [0.2, 0.25) is 11.8 Å². The first kappa shape index (κ1) is 28.7. The van der Waals surface area contributed by atoms with Crippen molar-refractivity contribution in [1.82, 2.24) is 9.47 Å². The number of halogens is 3. The zero-order valence-corrected chi connectivity index (χ0v) is 23.1. The van der Waals surface area contributed by atoms with E-state index in [9.17, 15) is 14.0 Å². The molecule has 0 aliphatic carbocycles. The van der Waals surface area contributed by atoms with Crippen molar-refractivity contribution in [3.63, 3.8) is 0 Å². The predicted molar refractivity (Wildman–Crippen MR) is 151 cm³/mol. The number of anilines is 1. The minimum absolute atomic E-state index is 0.0813. The van der Waals surface area contributed by atoms with Crippen molar-refractivity contribution in [2.75, 3.05) is 18.8 Å². The van der Waals surface area contributed by atoms with E-state index < -0.39 is 23.9 Å². The predicted octanol–water partition coefficient (Wildman–Crippen LogP) is 5.08. The summed E-state index contributed by atoms with van der Waals surface area (Å²) in [7, 11) is 0. The van der Waals surface area contributed by atoms with Gasteiger partial charge in [-0.05, 0) is 67.6 Å². The van der Waals surface area contributed by atoms with Crippen molar-refractivity contribution in [3.8, 4) is 16.9 Å². The lowest BCUT2D eigenvalue weighted by molar-refractivity contribution is -0.134. The monoisotopic (exact) mass is 575 g/mol. The Hall–Kier alpha value is -3.27. The molecular weight excluding hydrogens is 544 g/mol. The molecule has 0 bridgehead atoms. The fraction of sp³-hybridized carbons (Fsp3) is 0.357. The lowest BCUT2D eigenvalue weighted by atomic mass is 10.0. The summed E-state index contributed by atoms with van der Waals surface area (Å²) >= 11 is 12.4. The number of primary amides is 1. The number of hydrogen-bond donors (Lipinski definition) is 3. The molecule has 1 aliphatic rings. The molecule has 0 spiro atoms. The average Bonchev–Trinajstić information content (AvgIpc) is 3.41. The molecule has 6 N–H and O–H groups in total. The largest absolute Gasteiger partial charge is 0.484 e. The Balaban J connectivity index is 1.42. The number of piperidine rings is 1. The van der Waals surface area contributed by atoms with Crippen LogP contribution in [0.15, 0.2) is 48.8 Å². The highest BCUT2D eigenvalue weighted by Gasteiger charge is 2.27. The summed E-state index contributed by atoms with van der Waals surface area (Å²) in [4.78, 5) is 25.4. The van der Waals surface area contributed by atoms with Gasteiger partial charge in [0.15, 0.2) is 0 Å². The van der Waals surface area contributed by atoms with Crippen molar-refractivity contribution >= 4 is 40.7 Å². The number of nitrogens with two attached hydrogens (primary N) is 3. The van der Waals surface area contributed by atoms with Gasteiger partial charge in [-0.15, -0.1) is 0 Å². The van der Waals surface area contributed by atoms with E-state index in [-0.39, 0.29) is 29.8 Å². The Morgan fingerprint density at radius 2 is 1.85 bits per heavy atom. The molecule has 4 rings (SSSR count). The summed E-state index contributed by atoms with van der Waals surface area (Å²) in [5, 5.41) is 0.225. The van der Waals surface area contributed by atoms with Gasteiger partial charge >= 0.3 is 0 Å². The van der Waals surface area contributed by atoms with E-state index in [0.29, 0.717) is 35.1 Å². The number of benzene rings is 2. The molecule has 1 saturated heterocycles. The molecule has 8 nitrogen and oxygen atoms in total. The minimum Gasteiger partial charge on any atom is -0.484 e. The number of ether oxygens (including phenoxy) is 1. The van der Waals surface area contributed by atoms with Crippen molar-refractivity contribution in [2.45, 2.75) is 50.8 Å². The zero-order chi connectivity index (χ0) is 28.3. The van der Waals surface area contributed by atoms with Gasteiger partial charge in [-0.25, -0.2) is 4.39 Å². The highest BCUT2D eigenvalue weighted by Crippen LogP contribution is 2.38. The molecule has 208 valence electrons. The number of aromatic nitrogens is 1. The second-order valence-electron chi connectivity index (χ2n) is 9.78. The van der Waals surface area contributed by atoms with E-state index in [1.165, 1.54) is 12.1 Å². The highest BCUT2D eigenvalue weighted by atomic mass is 35.5. The van der Waals surface area contributed by atoms with Crippen molar-refractivity contribution < 1.29 is 18.7 Å². The zero-order valence-electron chi connectivity index (χ0n) is 21.6. The number of amides is 2. The molecule has 2 unspecified atom stereocenters. The summed E-state index contributed by atoms with van der Waals surface area (Å²) in [5.41, 5.74) is 20.0. The van der Waals surface area contributed by atoms with Gasteiger partial charge in [-0.1, -0.05) is 29.3 Å². The van der Waals surface area contributed by atoms with Gasteiger partial charge in [-0.2, -0.15) is 0 Å². The van der Waals surface area contributed by atoms with Crippen LogP contribution in [0.2, 0.25) is 10.0 Å². The van der Waals surface area contributed by atoms with Crippen molar-refractivity contribution in [1.29, 1.82) is 0 Å². The molecule has 1 aromatic heterocycles. The van der Waals surface area contributed by atoms with Crippen LogP contribution in [0, 0.1) is 5.82 Å². The van der Waals surface area contributed by atoms with Gasteiger partial charge in [0.25, 0.3) is 0 Å². The number of carbonyl (C=O) groups is 2. The van der Waals surface area contributed by atoms with Crippen LogP contribution < -0.4 is 21.9 Å². The topological polar surface area (TPSA) is 130 Å². The third kappa shape index (κ3) is 6.66. The number of carbonyl (C=O) groups excluding carboxylic acids is 2. The first-order valence-corrected chi connectivity index (χ1v) is 13.5. The molecule has 2 heterocycles. The van der Waals surface area contributed by atoms with E-state index in [0.717, 1.165) is 24.0 Å². The molecule has 0 radical (unpaired) electrons. The first-order chi connectivity index (χ1) is 18.5. The number of likely N-dealkylation sites (tertiary alicyclic amines) is 1. The summed E-state index contributed by atoms with van der Waals surface area (Å²) in [6, 6.07) is 9.68. The standard InChI is InChI=1S/C28H32Cl2FN5O3/c1-16(26-20(29)3-4-21(31)27(26)30)39-24-14-17(2-5-22(24)32)18-8-11-36(15-18)19-9-12-35(13-10-19)28(38)23(33)6-7-25(34)37/h2-5,8,11,14-16,19,23H,6-7,9-10,12-13,32-33H2,1H3,(H2,34,37). The maximum absolute atomic E-state index is 14.0. The lowest BCUT2D eigenvalue weighted by Crippen LogP contribution is -2.47. The van der Waals surface area contributed by atoms with E-state index in [2.05, 4.69) is 10.8 Å². The van der Waals surface area contributed by atoms with Gasteiger partial charge < -0.3 is 31.4 Å². The Labute approximate surface area is 236 Å². The number of rotatable bonds is 9. The first-order valence-electron chi connectivity index (χ1n) is 12.7. The normalized spacial score (nSPS) is 15.7. The second kappa shape index (κ2) is 12.3. The van der Waals surface area contributed by atoms with Crippen LogP contribution in [0.5, 0.6) is 5.75 Å². The molecule has 2 atom stereocenters. The number of nitrogens with zero attached hydrogens (tertiary/aromatic N) is 2. The van der Waals surface area contributed by atoms with Crippen LogP contribution in [0.25, 0.3) is 11.1 Å². The quantitative estimate of drug-likeness (QED) is 0.242. The number of hydrogen-bond acceptors (Lipinski definition) is 5. The van der Waals surface area contributed by atoms with Crippen molar-refractivity contribution in [3.05, 3.63) is 70.2 Å². The highest BCUT2D eigenvalue weighted by molar-refractivity contribution is 6.36. The SMILES string of the molecule is CC(Oc1cc(-c2ccn(C3CCN(C(=O)C(N)CCC(N)=O)CC3)c2)ccc1N)c1c(Cl)ccc(F)c1Cl. The van der Waals surface area contributed by atoms with E-state index in [1.807, 2.05) is 24.4 Å². The molecule has 3 aromatic rings. The Bertz CT molecular complexity index is 1360. The molecule has 2 aromatic carbocycles. The van der Waals surface area contributed by atoms with Crippen LogP contribution in [0.4, 0.5) is 10.1 Å². The lowest BCUT2D eigenvalue weighted by Gasteiger charge is -2.34. The smallest absolute Gasteiger partial charge is 0.239 e. The molecule has 11 heteroatoms. The maximum Gasteiger partial charge on any atom is 0.239 e. The van der Waals surface area contributed by atoms with Crippen molar-refractivity contribution in [2.24, 2.45) is 11.5 Å². The Morgan fingerprint density at radius 3 is 2.54 bits per heavy atom. The van der Waals surface area contributed by atoms with Gasteiger partial charge in [0, 0.05) is 48.5 Å². The minimum atomic E-state index is -0.718. The van der Waals surface area contributed by atoms with Crippen LogP contribution in [-0.4, -0.2) is 40.4 Å². The van der Waals surface area contributed by atoms with Crippen LogP contribution in [0.1, 0.15) is 50.3 Å². The third-order valence-corrected chi connectivity index (χ3v) is 7.78. The van der Waals surface area contributed by atoms with Crippen LogP contribution in [-0.2, 0) is 9.59 Å². The number of nitrogen functional groups attached to an aromatic ring is 1. The summed E-state index contributed by atoms with van der Waals surface area (Å²) < 4.78 is 22.2. The van der Waals surface area contributed by atoms with Gasteiger partial charge in [0.1, 0.15) is 17.7 Å². The second-order valence-corrected chi connectivity index (χ2v) is 10.6. The van der Waals surface area contributed by atoms with Gasteiger partial charge in [0.05, 0.1) is 16.8 Å². The van der Waals surface area contributed by atoms with Crippen LogP contribution in [0.3, 0.4) is 0 Å². The third-order valence-electron chi connectivity index (χ3n) is 7.07. The molecule has 39 heavy (non-hydrogen) atoms. The maximum atomic E-state index is 14.0. The van der Waals surface area contributed by atoms with E-state index >= 15 is 0 Å².